The molecule has 4 aliphatic heterocycles. The average Bonchev–Trinajstić information content (AvgIpc) is 3.24. The maximum absolute atomic E-state index is 14.7. The van der Waals surface area contributed by atoms with Crippen molar-refractivity contribution in [3.63, 3.8) is 0 Å². The van der Waals surface area contributed by atoms with Crippen LogP contribution >= 0.6 is 0 Å². The number of anilines is 2. The Kier molecular flexibility index (Phi) is 8.05. The van der Waals surface area contributed by atoms with Gasteiger partial charge in [0.05, 0.1) is 18.6 Å². The minimum absolute atomic E-state index is 0.111. The average molecular weight is 566 g/mol. The van der Waals surface area contributed by atoms with Crippen LogP contribution in [0.2, 0.25) is 0 Å². The summed E-state index contributed by atoms with van der Waals surface area (Å²) >= 11 is 0. The predicted octanol–water partition coefficient (Wildman–Crippen LogP) is 3.32. The summed E-state index contributed by atoms with van der Waals surface area (Å²) in [6.07, 6.45) is 8.26. The molecule has 1 N–H and O–H groups in total. The van der Waals surface area contributed by atoms with Crippen LogP contribution in [0.4, 0.5) is 11.4 Å². The Hall–Kier alpha value is -3.17. The number of carbonyl (C=O) groups is 3. The van der Waals surface area contributed by atoms with Crippen LogP contribution in [0.25, 0.3) is 0 Å². The first-order chi connectivity index (χ1) is 19.7. The Morgan fingerprint density at radius 1 is 1.00 bits per heavy atom. The summed E-state index contributed by atoms with van der Waals surface area (Å²) in [6, 6.07) is 6.23. The molecule has 0 radical (unpaired) electrons. The number of fused-ring (bicyclic) bond motifs is 2. The molecule has 0 bridgehead atoms. The van der Waals surface area contributed by atoms with Gasteiger partial charge in [-0.3, -0.25) is 14.4 Å². The van der Waals surface area contributed by atoms with E-state index in [9.17, 15) is 19.5 Å². The predicted molar refractivity (Wildman–Crippen MR) is 156 cm³/mol. The number of hydrogen-bond acceptors (Lipinski definition) is 7. The summed E-state index contributed by atoms with van der Waals surface area (Å²) in [5.41, 5.74) is -0.673. The van der Waals surface area contributed by atoms with E-state index in [1.54, 1.807) is 11.0 Å². The first-order valence-electron chi connectivity index (χ1n) is 15.0. The van der Waals surface area contributed by atoms with Crippen molar-refractivity contribution in [1.29, 1.82) is 0 Å². The molecule has 9 heteroatoms. The van der Waals surface area contributed by atoms with E-state index in [0.717, 1.165) is 18.8 Å². The summed E-state index contributed by atoms with van der Waals surface area (Å²) in [5, 5.41) is 10.5. The SMILES string of the molecule is CCN(CC)c1ccc(N2CC=C[C@]34O[C@@]5(CC)C=CCOC(=O)[C@H]5[C@H]3C(=O)N([C@@H](CO)CC(C)C)C4C2=O)cc1. The van der Waals surface area contributed by atoms with Gasteiger partial charge in [0.2, 0.25) is 5.91 Å². The number of cyclic esters (lactones) is 1. The van der Waals surface area contributed by atoms with Gasteiger partial charge in [0.25, 0.3) is 5.91 Å². The Morgan fingerprint density at radius 2 is 1.71 bits per heavy atom. The quantitative estimate of drug-likeness (QED) is 0.362. The molecule has 1 aromatic carbocycles. The van der Waals surface area contributed by atoms with Crippen LogP contribution in [-0.4, -0.2) is 83.9 Å². The fourth-order valence-corrected chi connectivity index (χ4v) is 7.41. The smallest absolute Gasteiger partial charge is 0.313 e. The fraction of sp³-hybridized carbons (Fsp3) is 0.594. The molecule has 4 aliphatic rings. The van der Waals surface area contributed by atoms with Crippen LogP contribution in [0.3, 0.4) is 0 Å². The second-order valence-electron chi connectivity index (χ2n) is 11.9. The number of rotatable bonds is 9. The van der Waals surface area contributed by atoms with Gasteiger partial charge in [0.15, 0.2) is 0 Å². The van der Waals surface area contributed by atoms with E-state index < -0.39 is 41.1 Å². The lowest BCUT2D eigenvalue weighted by molar-refractivity contribution is -0.159. The number of ether oxygens (including phenoxy) is 2. The number of nitrogens with zero attached hydrogens (tertiary/aromatic N) is 3. The molecular weight excluding hydrogens is 522 g/mol. The minimum Gasteiger partial charge on any atom is -0.461 e. The van der Waals surface area contributed by atoms with E-state index in [4.69, 9.17) is 9.47 Å². The molecule has 4 heterocycles. The van der Waals surface area contributed by atoms with Crippen LogP contribution in [0.1, 0.15) is 47.5 Å². The molecule has 5 rings (SSSR count). The van der Waals surface area contributed by atoms with Gasteiger partial charge in [0.1, 0.15) is 29.8 Å². The third-order valence-electron chi connectivity index (χ3n) is 9.27. The molecule has 0 aromatic heterocycles. The highest BCUT2D eigenvalue weighted by atomic mass is 16.6. The zero-order valence-electron chi connectivity index (χ0n) is 24.8. The van der Waals surface area contributed by atoms with Crippen molar-refractivity contribution in [3.05, 3.63) is 48.6 Å². The third kappa shape index (κ3) is 4.57. The van der Waals surface area contributed by atoms with Crippen molar-refractivity contribution < 1.29 is 29.0 Å². The van der Waals surface area contributed by atoms with Gasteiger partial charge in [0, 0.05) is 31.0 Å². The number of carbonyl (C=O) groups excluding carboxylic acids is 3. The summed E-state index contributed by atoms with van der Waals surface area (Å²) in [4.78, 5) is 48.1. The summed E-state index contributed by atoms with van der Waals surface area (Å²) < 4.78 is 12.4. The Morgan fingerprint density at radius 3 is 2.32 bits per heavy atom. The summed E-state index contributed by atoms with van der Waals surface area (Å²) in [5.74, 6) is -2.82. The van der Waals surface area contributed by atoms with Crippen molar-refractivity contribution in [1.82, 2.24) is 4.90 Å². The van der Waals surface area contributed by atoms with E-state index in [-0.39, 0.29) is 37.5 Å². The van der Waals surface area contributed by atoms with E-state index in [1.165, 1.54) is 4.90 Å². The lowest BCUT2D eigenvalue weighted by atomic mass is 9.73. The maximum Gasteiger partial charge on any atom is 0.313 e. The highest BCUT2D eigenvalue weighted by molar-refractivity contribution is 6.06. The van der Waals surface area contributed by atoms with Gasteiger partial charge in [-0.05, 0) is 62.9 Å². The highest BCUT2D eigenvalue weighted by Crippen LogP contribution is 2.59. The van der Waals surface area contributed by atoms with Gasteiger partial charge in [-0.1, -0.05) is 39.0 Å². The summed E-state index contributed by atoms with van der Waals surface area (Å²) in [7, 11) is 0. The molecule has 6 atom stereocenters. The van der Waals surface area contributed by atoms with Gasteiger partial charge in [-0.15, -0.1) is 0 Å². The van der Waals surface area contributed by atoms with Gasteiger partial charge in [-0.25, -0.2) is 0 Å². The normalized spacial score (nSPS) is 31.5. The van der Waals surface area contributed by atoms with Gasteiger partial charge < -0.3 is 29.3 Å². The third-order valence-corrected chi connectivity index (χ3v) is 9.27. The highest BCUT2D eigenvalue weighted by Gasteiger charge is 2.76. The largest absolute Gasteiger partial charge is 0.461 e. The second kappa shape index (κ2) is 11.2. The van der Waals surface area contributed by atoms with Crippen LogP contribution in [0.15, 0.2) is 48.6 Å². The first-order valence-corrected chi connectivity index (χ1v) is 15.0. The molecule has 0 aliphatic carbocycles. The zero-order valence-corrected chi connectivity index (χ0v) is 24.8. The van der Waals surface area contributed by atoms with E-state index in [1.807, 2.05) is 63.3 Å². The topological polar surface area (TPSA) is 99.6 Å². The standard InChI is InChI=1S/C32H43N3O6/c1-6-31-15-10-18-40-30(39)26(31)25-28(37)35(24(20-36)19-21(4)5)27-29(38)34(17-9-16-32(25,27)41-31)23-13-11-22(12-14-23)33(7-2)8-3/h9-16,21,24-27,36H,6-8,17-20H2,1-5H3/t24-,25+,26-,27?,31+,32+/m1/s1. The van der Waals surface area contributed by atoms with Crippen molar-refractivity contribution in [3.8, 4) is 0 Å². The van der Waals surface area contributed by atoms with Crippen molar-refractivity contribution in [2.45, 2.75) is 70.7 Å². The van der Waals surface area contributed by atoms with E-state index in [2.05, 4.69) is 18.7 Å². The number of aliphatic hydroxyl groups is 1. The number of hydrogen-bond donors (Lipinski definition) is 1. The van der Waals surface area contributed by atoms with Crippen LogP contribution in [0.5, 0.6) is 0 Å². The lowest BCUT2D eigenvalue weighted by Gasteiger charge is -2.41. The maximum atomic E-state index is 14.7. The van der Waals surface area contributed by atoms with Crippen molar-refractivity contribution in [2.75, 3.05) is 42.6 Å². The monoisotopic (exact) mass is 565 g/mol. The number of benzene rings is 1. The van der Waals surface area contributed by atoms with Crippen molar-refractivity contribution >= 4 is 29.2 Å². The molecule has 1 spiro atoms. The second-order valence-corrected chi connectivity index (χ2v) is 11.9. The molecule has 41 heavy (non-hydrogen) atoms. The molecule has 1 aromatic rings. The Balaban J connectivity index is 1.63. The zero-order chi connectivity index (χ0) is 29.5. The molecule has 1 unspecified atom stereocenters. The first kappa shape index (κ1) is 29.3. The van der Waals surface area contributed by atoms with Gasteiger partial charge >= 0.3 is 5.97 Å². The number of likely N-dealkylation sites (tertiary alicyclic amines) is 1. The Labute approximate surface area is 242 Å². The van der Waals surface area contributed by atoms with Gasteiger partial charge in [-0.2, -0.15) is 0 Å². The molecule has 222 valence electrons. The Bertz CT molecular complexity index is 1220. The number of esters is 1. The molecule has 9 nitrogen and oxygen atoms in total. The molecule has 2 saturated heterocycles. The summed E-state index contributed by atoms with van der Waals surface area (Å²) in [6.45, 7) is 12.0. The van der Waals surface area contributed by atoms with Crippen LogP contribution < -0.4 is 9.80 Å². The van der Waals surface area contributed by atoms with Crippen LogP contribution in [-0.2, 0) is 23.9 Å². The molecular formula is C32H43N3O6. The molecule has 2 fully saturated rings. The molecule has 0 saturated carbocycles. The van der Waals surface area contributed by atoms with Crippen LogP contribution in [0, 0.1) is 17.8 Å². The fourth-order valence-electron chi connectivity index (χ4n) is 7.41. The van der Waals surface area contributed by atoms with E-state index >= 15 is 0 Å². The lowest BCUT2D eigenvalue weighted by Crippen LogP contribution is -2.59. The number of amides is 2. The minimum atomic E-state index is -1.38. The molecule has 2 amide bonds. The van der Waals surface area contributed by atoms with E-state index in [0.29, 0.717) is 18.5 Å². The van der Waals surface area contributed by atoms with Crippen molar-refractivity contribution in [2.24, 2.45) is 17.8 Å². The number of aliphatic hydroxyl groups excluding tert-OH is 1.